The van der Waals surface area contributed by atoms with Crippen molar-refractivity contribution >= 4 is 11.6 Å². The van der Waals surface area contributed by atoms with Gasteiger partial charge >= 0.3 is 0 Å². The van der Waals surface area contributed by atoms with Crippen molar-refractivity contribution in [2.24, 2.45) is 11.8 Å². The summed E-state index contributed by atoms with van der Waals surface area (Å²) in [7, 11) is 0. The molecule has 0 spiro atoms. The van der Waals surface area contributed by atoms with Gasteiger partial charge in [-0.2, -0.15) is 0 Å². The predicted octanol–water partition coefficient (Wildman–Crippen LogP) is 3.36. The topological polar surface area (TPSA) is 43.4 Å². The van der Waals surface area contributed by atoms with E-state index in [2.05, 4.69) is 0 Å². The fourth-order valence-electron chi connectivity index (χ4n) is 4.03. The molecule has 118 valence electrons. The van der Waals surface area contributed by atoms with Gasteiger partial charge in [0, 0.05) is 25.6 Å². The third kappa shape index (κ3) is 2.87. The molecule has 1 saturated heterocycles. The highest BCUT2D eigenvalue weighted by molar-refractivity contribution is 6.14. The molecule has 2 aliphatic rings. The highest BCUT2D eigenvalue weighted by Crippen LogP contribution is 2.39. The largest absolute Gasteiger partial charge is 0.381 e. The van der Waals surface area contributed by atoms with Crippen LogP contribution in [-0.2, 0) is 14.3 Å². The van der Waals surface area contributed by atoms with Crippen molar-refractivity contribution in [2.75, 3.05) is 13.2 Å². The molecule has 0 amide bonds. The van der Waals surface area contributed by atoms with E-state index in [1.54, 1.807) is 0 Å². The molecule has 0 radical (unpaired) electrons. The standard InChI is InChI=1S/C19H24O3/c1-12-4-3-5-13(2)17(12)18-16(20)11-15(19(18)21)10-14-6-8-22-9-7-14/h3-5,14-15,18H,6-11H2,1-2H3. The Bertz CT molecular complexity index is 564. The number of Topliss-reactive ketones (excluding diaryl/α,β-unsaturated/α-hetero) is 2. The zero-order chi connectivity index (χ0) is 15.7. The van der Waals surface area contributed by atoms with Crippen LogP contribution in [0, 0.1) is 25.7 Å². The number of ether oxygens (including phenoxy) is 1. The zero-order valence-electron chi connectivity index (χ0n) is 13.4. The van der Waals surface area contributed by atoms with Crippen LogP contribution in [0.25, 0.3) is 0 Å². The van der Waals surface area contributed by atoms with Gasteiger partial charge in [-0.25, -0.2) is 0 Å². The molecule has 3 heteroatoms. The smallest absolute Gasteiger partial charge is 0.151 e. The fourth-order valence-corrected chi connectivity index (χ4v) is 4.03. The SMILES string of the molecule is Cc1cccc(C)c1C1C(=O)CC(CC2CCOCC2)C1=O. The first-order chi connectivity index (χ1) is 10.6. The third-order valence-corrected chi connectivity index (χ3v) is 5.25. The summed E-state index contributed by atoms with van der Waals surface area (Å²) in [6.07, 6.45) is 3.32. The van der Waals surface area contributed by atoms with Crippen LogP contribution in [0.5, 0.6) is 0 Å². The molecule has 22 heavy (non-hydrogen) atoms. The van der Waals surface area contributed by atoms with E-state index >= 15 is 0 Å². The Morgan fingerprint density at radius 2 is 1.73 bits per heavy atom. The molecule has 1 heterocycles. The van der Waals surface area contributed by atoms with Gasteiger partial charge in [-0.3, -0.25) is 9.59 Å². The molecule has 1 saturated carbocycles. The molecule has 0 aromatic heterocycles. The zero-order valence-corrected chi connectivity index (χ0v) is 13.4. The number of carbonyl (C=O) groups excluding carboxylic acids is 2. The number of hydrogen-bond acceptors (Lipinski definition) is 3. The quantitative estimate of drug-likeness (QED) is 0.804. The Kier molecular flexibility index (Phi) is 4.44. The Labute approximate surface area is 132 Å². The minimum Gasteiger partial charge on any atom is -0.381 e. The van der Waals surface area contributed by atoms with Gasteiger partial charge in [0.15, 0.2) is 5.78 Å². The number of rotatable bonds is 3. The Morgan fingerprint density at radius 3 is 2.36 bits per heavy atom. The highest BCUT2D eigenvalue weighted by Gasteiger charge is 2.43. The molecule has 2 unspecified atom stereocenters. The van der Waals surface area contributed by atoms with Crippen LogP contribution < -0.4 is 0 Å². The van der Waals surface area contributed by atoms with Crippen LogP contribution in [0.1, 0.15) is 48.3 Å². The lowest BCUT2D eigenvalue weighted by Gasteiger charge is -2.24. The van der Waals surface area contributed by atoms with Crippen LogP contribution in [0.3, 0.4) is 0 Å². The van der Waals surface area contributed by atoms with E-state index in [0.29, 0.717) is 12.3 Å². The second kappa shape index (κ2) is 6.33. The van der Waals surface area contributed by atoms with E-state index in [9.17, 15) is 9.59 Å². The third-order valence-electron chi connectivity index (χ3n) is 5.25. The number of aryl methyl sites for hydroxylation is 2. The minimum absolute atomic E-state index is 0.0837. The van der Waals surface area contributed by atoms with Crippen molar-refractivity contribution in [3.05, 3.63) is 34.9 Å². The molecule has 1 aliphatic heterocycles. The van der Waals surface area contributed by atoms with E-state index in [0.717, 1.165) is 49.2 Å². The van der Waals surface area contributed by atoms with Gasteiger partial charge < -0.3 is 4.74 Å². The minimum atomic E-state index is -0.522. The molecule has 3 nitrogen and oxygen atoms in total. The summed E-state index contributed by atoms with van der Waals surface area (Å²) >= 11 is 0. The van der Waals surface area contributed by atoms with Gasteiger partial charge in [0.05, 0.1) is 0 Å². The molecular formula is C19H24O3. The Hall–Kier alpha value is -1.48. The Balaban J connectivity index is 1.79. The summed E-state index contributed by atoms with van der Waals surface area (Å²) in [4.78, 5) is 25.3. The van der Waals surface area contributed by atoms with Crippen LogP contribution in [-0.4, -0.2) is 24.8 Å². The van der Waals surface area contributed by atoms with Gasteiger partial charge in [-0.1, -0.05) is 18.2 Å². The van der Waals surface area contributed by atoms with Crippen LogP contribution >= 0.6 is 0 Å². The van der Waals surface area contributed by atoms with E-state index in [1.807, 2.05) is 32.0 Å². The monoisotopic (exact) mass is 300 g/mol. The van der Waals surface area contributed by atoms with Crippen molar-refractivity contribution in [3.63, 3.8) is 0 Å². The average molecular weight is 300 g/mol. The molecule has 0 bridgehead atoms. The van der Waals surface area contributed by atoms with Crippen molar-refractivity contribution in [2.45, 2.75) is 45.4 Å². The number of carbonyl (C=O) groups is 2. The van der Waals surface area contributed by atoms with Crippen LogP contribution in [0.4, 0.5) is 0 Å². The van der Waals surface area contributed by atoms with Gasteiger partial charge in [0.1, 0.15) is 11.7 Å². The van der Waals surface area contributed by atoms with E-state index in [-0.39, 0.29) is 17.5 Å². The average Bonchev–Trinajstić information content (AvgIpc) is 2.76. The molecule has 3 rings (SSSR count). The molecular weight excluding hydrogens is 276 g/mol. The van der Waals surface area contributed by atoms with E-state index in [4.69, 9.17) is 4.74 Å². The van der Waals surface area contributed by atoms with Gasteiger partial charge in [0.25, 0.3) is 0 Å². The summed E-state index contributed by atoms with van der Waals surface area (Å²) in [5, 5.41) is 0. The number of hydrogen-bond donors (Lipinski definition) is 0. The predicted molar refractivity (Wildman–Crippen MR) is 84.9 cm³/mol. The van der Waals surface area contributed by atoms with E-state index in [1.165, 1.54) is 0 Å². The molecule has 2 atom stereocenters. The van der Waals surface area contributed by atoms with Crippen molar-refractivity contribution in [1.82, 2.24) is 0 Å². The Morgan fingerprint density at radius 1 is 1.09 bits per heavy atom. The normalized spacial score (nSPS) is 26.6. The summed E-state index contributed by atoms with van der Waals surface area (Å²) < 4.78 is 5.38. The summed E-state index contributed by atoms with van der Waals surface area (Å²) in [6, 6.07) is 5.97. The van der Waals surface area contributed by atoms with Gasteiger partial charge in [-0.05, 0) is 55.7 Å². The molecule has 1 aromatic rings. The fraction of sp³-hybridized carbons (Fsp3) is 0.579. The maximum absolute atomic E-state index is 12.8. The summed E-state index contributed by atoms with van der Waals surface area (Å²) in [5.74, 6) is 0.186. The highest BCUT2D eigenvalue weighted by atomic mass is 16.5. The number of benzene rings is 1. The molecule has 1 aromatic carbocycles. The molecule has 1 aliphatic carbocycles. The van der Waals surface area contributed by atoms with Crippen LogP contribution in [0.15, 0.2) is 18.2 Å². The van der Waals surface area contributed by atoms with Crippen molar-refractivity contribution in [3.8, 4) is 0 Å². The van der Waals surface area contributed by atoms with Gasteiger partial charge in [0.2, 0.25) is 0 Å². The summed E-state index contributed by atoms with van der Waals surface area (Å²) in [5.41, 5.74) is 3.06. The first kappa shape index (κ1) is 15.4. The van der Waals surface area contributed by atoms with Crippen molar-refractivity contribution in [1.29, 1.82) is 0 Å². The van der Waals surface area contributed by atoms with Crippen molar-refractivity contribution < 1.29 is 14.3 Å². The number of ketones is 2. The second-order valence-electron chi connectivity index (χ2n) is 6.80. The molecule has 0 N–H and O–H groups in total. The lowest BCUT2D eigenvalue weighted by molar-refractivity contribution is -0.125. The van der Waals surface area contributed by atoms with Crippen LogP contribution in [0.2, 0.25) is 0 Å². The van der Waals surface area contributed by atoms with Gasteiger partial charge in [-0.15, -0.1) is 0 Å². The lowest BCUT2D eigenvalue weighted by atomic mass is 9.84. The maximum atomic E-state index is 12.8. The first-order valence-electron chi connectivity index (χ1n) is 8.28. The lowest BCUT2D eigenvalue weighted by Crippen LogP contribution is -2.22. The summed E-state index contributed by atoms with van der Waals surface area (Å²) in [6.45, 7) is 5.57. The van der Waals surface area contributed by atoms with E-state index < -0.39 is 5.92 Å². The first-order valence-corrected chi connectivity index (χ1v) is 8.28. The second-order valence-corrected chi connectivity index (χ2v) is 6.80. The maximum Gasteiger partial charge on any atom is 0.151 e. The molecule has 2 fully saturated rings.